The number of hydrogen-bond donors (Lipinski definition) is 1. The summed E-state index contributed by atoms with van der Waals surface area (Å²) in [4.78, 5) is 13.6. The van der Waals surface area contributed by atoms with Crippen LogP contribution in [0, 0.1) is 0 Å². The first-order valence-corrected chi connectivity index (χ1v) is 6.50. The van der Waals surface area contributed by atoms with E-state index >= 15 is 0 Å². The lowest BCUT2D eigenvalue weighted by atomic mass is 10.2. The van der Waals surface area contributed by atoms with Gasteiger partial charge in [-0.05, 0) is 11.6 Å². The van der Waals surface area contributed by atoms with Crippen LogP contribution in [0.15, 0.2) is 49.6 Å². The Morgan fingerprint density at radius 1 is 1.26 bits per heavy atom. The fraction of sp³-hybridized carbons (Fsp3) is 0.267. The lowest BCUT2D eigenvalue weighted by Gasteiger charge is -2.19. The zero-order valence-electron chi connectivity index (χ0n) is 10.9. The van der Waals surface area contributed by atoms with Crippen LogP contribution in [0.3, 0.4) is 0 Å². The van der Waals surface area contributed by atoms with Crippen LogP contribution in [0.4, 0.5) is 0 Å². The fourth-order valence-electron chi connectivity index (χ4n) is 1.65. The van der Waals surface area contributed by atoms with Gasteiger partial charge >= 0.3 is 0 Å². The summed E-state index contributed by atoms with van der Waals surface area (Å²) in [6.07, 6.45) is 3.41. The molecular weight excluding hydrogens is 260 g/mol. The van der Waals surface area contributed by atoms with Gasteiger partial charge in [-0.1, -0.05) is 42.0 Å². The van der Waals surface area contributed by atoms with E-state index in [-0.39, 0.29) is 12.5 Å². The number of hydrogen-bond acceptors (Lipinski definition) is 2. The summed E-state index contributed by atoms with van der Waals surface area (Å²) in [5.41, 5.74) is 0.982. The molecule has 1 N–H and O–H groups in total. The molecule has 0 heterocycles. The van der Waals surface area contributed by atoms with Crippen molar-refractivity contribution < 1.29 is 4.79 Å². The van der Waals surface area contributed by atoms with Crippen LogP contribution in [0.5, 0.6) is 0 Å². The number of nitrogens with one attached hydrogen (secondary N) is 1. The summed E-state index contributed by atoms with van der Waals surface area (Å²) >= 11 is 6.04. The number of carbonyl (C=O) groups is 1. The van der Waals surface area contributed by atoms with Crippen molar-refractivity contribution in [2.75, 3.05) is 19.6 Å². The molecule has 0 aliphatic carbocycles. The lowest BCUT2D eigenvalue weighted by Crippen LogP contribution is -2.38. The third-order valence-corrected chi connectivity index (χ3v) is 2.97. The molecule has 0 atom stereocenters. The van der Waals surface area contributed by atoms with Gasteiger partial charge in [0.1, 0.15) is 0 Å². The van der Waals surface area contributed by atoms with E-state index in [9.17, 15) is 4.79 Å². The molecule has 0 spiro atoms. The Balaban J connectivity index is 2.43. The Bertz CT molecular complexity index is 436. The van der Waals surface area contributed by atoms with E-state index in [0.29, 0.717) is 24.7 Å². The SMILES string of the molecule is C=CCN(CC=C)C(=O)CNCc1ccccc1Cl. The third-order valence-electron chi connectivity index (χ3n) is 2.60. The summed E-state index contributed by atoms with van der Waals surface area (Å²) in [6, 6.07) is 7.58. The smallest absolute Gasteiger partial charge is 0.237 e. The fourth-order valence-corrected chi connectivity index (χ4v) is 1.85. The zero-order valence-corrected chi connectivity index (χ0v) is 11.7. The number of amides is 1. The van der Waals surface area contributed by atoms with Gasteiger partial charge in [0.25, 0.3) is 0 Å². The highest BCUT2D eigenvalue weighted by molar-refractivity contribution is 6.31. The van der Waals surface area contributed by atoms with Crippen molar-refractivity contribution in [3.8, 4) is 0 Å². The second-order valence-electron chi connectivity index (χ2n) is 4.07. The van der Waals surface area contributed by atoms with Gasteiger partial charge in [0.2, 0.25) is 5.91 Å². The molecule has 0 bridgehead atoms. The molecule has 0 aromatic heterocycles. The molecule has 1 aromatic rings. The summed E-state index contributed by atoms with van der Waals surface area (Å²) in [5.74, 6) is 0.0202. The van der Waals surface area contributed by atoms with Crippen LogP contribution < -0.4 is 5.32 Å². The molecule has 0 fully saturated rings. The normalized spacial score (nSPS) is 9.95. The van der Waals surface area contributed by atoms with E-state index in [0.717, 1.165) is 5.56 Å². The standard InChI is InChI=1S/C15H19ClN2O/c1-3-9-18(10-4-2)15(19)12-17-11-13-7-5-6-8-14(13)16/h3-8,17H,1-2,9-12H2. The maximum atomic E-state index is 11.9. The predicted molar refractivity (Wildman–Crippen MR) is 80.1 cm³/mol. The van der Waals surface area contributed by atoms with Crippen molar-refractivity contribution in [3.05, 3.63) is 60.2 Å². The first kappa shape index (κ1) is 15.5. The molecule has 0 aliphatic rings. The van der Waals surface area contributed by atoms with Crippen LogP contribution in [0.25, 0.3) is 0 Å². The van der Waals surface area contributed by atoms with E-state index in [2.05, 4.69) is 18.5 Å². The Morgan fingerprint density at radius 2 is 1.89 bits per heavy atom. The molecule has 0 saturated heterocycles. The van der Waals surface area contributed by atoms with Crippen LogP contribution in [-0.4, -0.2) is 30.4 Å². The summed E-state index contributed by atoms with van der Waals surface area (Å²) in [7, 11) is 0. The van der Waals surface area contributed by atoms with Gasteiger partial charge in [0, 0.05) is 24.7 Å². The molecule has 0 unspecified atom stereocenters. The van der Waals surface area contributed by atoms with Gasteiger partial charge < -0.3 is 10.2 Å². The molecule has 1 amide bonds. The van der Waals surface area contributed by atoms with E-state index in [4.69, 9.17) is 11.6 Å². The zero-order chi connectivity index (χ0) is 14.1. The molecule has 1 rings (SSSR count). The quantitative estimate of drug-likeness (QED) is 0.742. The molecule has 0 aliphatic heterocycles. The summed E-state index contributed by atoms with van der Waals surface area (Å²) in [5, 5.41) is 3.80. The van der Waals surface area contributed by atoms with Crippen LogP contribution in [-0.2, 0) is 11.3 Å². The van der Waals surface area contributed by atoms with Crippen molar-refractivity contribution in [1.82, 2.24) is 10.2 Å². The average molecular weight is 279 g/mol. The van der Waals surface area contributed by atoms with E-state index in [1.165, 1.54) is 0 Å². The van der Waals surface area contributed by atoms with Gasteiger partial charge in [0.15, 0.2) is 0 Å². The van der Waals surface area contributed by atoms with Crippen molar-refractivity contribution >= 4 is 17.5 Å². The van der Waals surface area contributed by atoms with Crippen molar-refractivity contribution in [2.45, 2.75) is 6.54 Å². The molecule has 0 radical (unpaired) electrons. The van der Waals surface area contributed by atoms with Crippen molar-refractivity contribution in [3.63, 3.8) is 0 Å². The van der Waals surface area contributed by atoms with Gasteiger partial charge in [0.05, 0.1) is 6.54 Å². The second kappa shape index (κ2) is 8.51. The molecule has 3 nitrogen and oxygen atoms in total. The maximum Gasteiger partial charge on any atom is 0.237 e. The number of benzene rings is 1. The largest absolute Gasteiger partial charge is 0.334 e. The monoisotopic (exact) mass is 278 g/mol. The first-order valence-electron chi connectivity index (χ1n) is 6.12. The van der Waals surface area contributed by atoms with Crippen molar-refractivity contribution in [2.24, 2.45) is 0 Å². The van der Waals surface area contributed by atoms with E-state index in [1.54, 1.807) is 17.1 Å². The Kier molecular flexibility index (Phi) is 6.93. The molecular formula is C15H19ClN2O. The number of carbonyl (C=O) groups excluding carboxylic acids is 1. The number of nitrogens with zero attached hydrogens (tertiary/aromatic N) is 1. The molecule has 0 saturated carbocycles. The number of halogens is 1. The van der Waals surface area contributed by atoms with Crippen LogP contribution >= 0.6 is 11.6 Å². The van der Waals surface area contributed by atoms with Crippen molar-refractivity contribution in [1.29, 1.82) is 0 Å². The molecule has 1 aromatic carbocycles. The third kappa shape index (κ3) is 5.28. The van der Waals surface area contributed by atoms with Crippen LogP contribution in [0.2, 0.25) is 5.02 Å². The minimum absolute atomic E-state index is 0.0202. The highest BCUT2D eigenvalue weighted by Crippen LogP contribution is 2.14. The Hall–Kier alpha value is -1.58. The average Bonchev–Trinajstić information content (AvgIpc) is 2.40. The molecule has 19 heavy (non-hydrogen) atoms. The Labute approximate surface area is 119 Å². The summed E-state index contributed by atoms with van der Waals surface area (Å²) in [6.45, 7) is 9.17. The molecule has 102 valence electrons. The topological polar surface area (TPSA) is 32.3 Å². The van der Waals surface area contributed by atoms with Gasteiger partial charge in [-0.15, -0.1) is 13.2 Å². The predicted octanol–water partition coefficient (Wildman–Crippen LogP) is 2.63. The van der Waals surface area contributed by atoms with E-state index < -0.39 is 0 Å². The van der Waals surface area contributed by atoms with E-state index in [1.807, 2.05) is 24.3 Å². The Morgan fingerprint density at radius 3 is 2.47 bits per heavy atom. The van der Waals surface area contributed by atoms with Gasteiger partial charge in [-0.25, -0.2) is 0 Å². The summed E-state index contributed by atoms with van der Waals surface area (Å²) < 4.78 is 0. The second-order valence-corrected chi connectivity index (χ2v) is 4.48. The minimum atomic E-state index is 0.0202. The lowest BCUT2D eigenvalue weighted by molar-refractivity contribution is -0.129. The minimum Gasteiger partial charge on any atom is -0.334 e. The molecule has 4 heteroatoms. The van der Waals surface area contributed by atoms with Gasteiger partial charge in [-0.3, -0.25) is 4.79 Å². The van der Waals surface area contributed by atoms with Gasteiger partial charge in [-0.2, -0.15) is 0 Å². The first-order chi connectivity index (χ1) is 9.19. The highest BCUT2D eigenvalue weighted by atomic mass is 35.5. The number of rotatable bonds is 8. The van der Waals surface area contributed by atoms with Crippen LogP contribution in [0.1, 0.15) is 5.56 Å². The maximum absolute atomic E-state index is 11.9. The highest BCUT2D eigenvalue weighted by Gasteiger charge is 2.09.